The molecule has 0 radical (unpaired) electrons. The number of phenols is 1. The number of hydrogen-bond acceptors (Lipinski definition) is 4. The van der Waals surface area contributed by atoms with Crippen molar-refractivity contribution >= 4 is 5.91 Å². The van der Waals surface area contributed by atoms with Crippen LogP contribution < -0.4 is 11.1 Å². The Hall–Kier alpha value is -1.59. The molecule has 2 atom stereocenters. The highest BCUT2D eigenvalue weighted by Gasteiger charge is 2.21. The van der Waals surface area contributed by atoms with Crippen molar-refractivity contribution in [3.8, 4) is 5.75 Å². The third-order valence-corrected chi connectivity index (χ3v) is 3.13. The molecule has 0 aliphatic carbocycles. The van der Waals surface area contributed by atoms with Gasteiger partial charge in [0.1, 0.15) is 5.75 Å². The van der Waals surface area contributed by atoms with Crippen molar-refractivity contribution in [2.45, 2.75) is 38.3 Å². The molecule has 0 fully saturated rings. The van der Waals surface area contributed by atoms with Crippen molar-refractivity contribution in [1.82, 2.24) is 5.32 Å². The van der Waals surface area contributed by atoms with E-state index in [0.717, 1.165) is 5.56 Å². The summed E-state index contributed by atoms with van der Waals surface area (Å²) in [5.74, 6) is -0.109. The minimum Gasteiger partial charge on any atom is -0.508 e. The van der Waals surface area contributed by atoms with Crippen LogP contribution in [0.3, 0.4) is 0 Å². The molecule has 0 spiro atoms. The molecule has 1 amide bonds. The number of phenolic OH excluding ortho intramolecular Hbond substituents is 1. The molecule has 0 aliphatic rings. The van der Waals surface area contributed by atoms with Gasteiger partial charge in [0.25, 0.3) is 0 Å². The van der Waals surface area contributed by atoms with E-state index in [1.165, 1.54) is 0 Å². The first kappa shape index (κ1) is 15.5. The van der Waals surface area contributed by atoms with Crippen molar-refractivity contribution in [2.24, 2.45) is 5.73 Å². The van der Waals surface area contributed by atoms with Gasteiger partial charge in [-0.05, 0) is 37.5 Å². The van der Waals surface area contributed by atoms with Crippen LogP contribution in [0.25, 0.3) is 0 Å². The van der Waals surface area contributed by atoms with E-state index < -0.39 is 11.6 Å². The molecule has 0 bridgehead atoms. The molecule has 1 aromatic carbocycles. The van der Waals surface area contributed by atoms with Gasteiger partial charge in [-0.25, -0.2) is 0 Å². The number of nitrogens with two attached hydrogens (primary N) is 1. The fraction of sp³-hybridized carbons (Fsp3) is 0.500. The summed E-state index contributed by atoms with van der Waals surface area (Å²) in [6.45, 7) is 3.70. The summed E-state index contributed by atoms with van der Waals surface area (Å²) >= 11 is 0. The van der Waals surface area contributed by atoms with Gasteiger partial charge in [0, 0.05) is 6.54 Å². The summed E-state index contributed by atoms with van der Waals surface area (Å²) in [7, 11) is 0. The maximum Gasteiger partial charge on any atom is 0.237 e. The number of carbonyl (C=O) groups excluding carboxylic acids is 1. The molecule has 0 saturated heterocycles. The zero-order valence-corrected chi connectivity index (χ0v) is 11.4. The van der Waals surface area contributed by atoms with E-state index >= 15 is 0 Å². The smallest absolute Gasteiger partial charge is 0.237 e. The van der Waals surface area contributed by atoms with Crippen LogP contribution in [0.5, 0.6) is 5.75 Å². The number of rotatable bonds is 6. The van der Waals surface area contributed by atoms with Gasteiger partial charge in [0.05, 0.1) is 11.6 Å². The van der Waals surface area contributed by atoms with E-state index in [0.29, 0.717) is 12.8 Å². The number of aromatic hydroxyl groups is 1. The van der Waals surface area contributed by atoms with Gasteiger partial charge in [0.2, 0.25) is 5.91 Å². The summed E-state index contributed by atoms with van der Waals surface area (Å²) in [5, 5.41) is 21.6. The fourth-order valence-electron chi connectivity index (χ4n) is 1.51. The van der Waals surface area contributed by atoms with Crippen molar-refractivity contribution in [3.63, 3.8) is 0 Å². The standard InChI is InChI=1S/C14H22N2O3/c1-3-14(2,19)9-16-13(18)12(15)8-10-4-6-11(17)7-5-10/h4-7,12,17,19H,3,8-9,15H2,1-2H3,(H,16,18). The molecule has 1 rings (SSSR count). The fourth-order valence-corrected chi connectivity index (χ4v) is 1.51. The lowest BCUT2D eigenvalue weighted by Crippen LogP contribution is -2.47. The van der Waals surface area contributed by atoms with Gasteiger partial charge in [-0.15, -0.1) is 0 Å². The van der Waals surface area contributed by atoms with Crippen molar-refractivity contribution < 1.29 is 15.0 Å². The van der Waals surface area contributed by atoms with E-state index in [2.05, 4.69) is 5.32 Å². The van der Waals surface area contributed by atoms with Crippen LogP contribution in [0.4, 0.5) is 0 Å². The normalized spacial score (nSPS) is 15.6. The predicted octanol–water partition coefficient (Wildman–Crippen LogP) is 0.539. The Kier molecular flexibility index (Phi) is 5.32. The van der Waals surface area contributed by atoms with Crippen LogP contribution in [0, 0.1) is 0 Å². The Morgan fingerprint density at radius 3 is 2.53 bits per heavy atom. The maximum atomic E-state index is 11.8. The predicted molar refractivity (Wildman–Crippen MR) is 73.7 cm³/mol. The SMILES string of the molecule is CCC(C)(O)CNC(=O)C(N)Cc1ccc(O)cc1. The van der Waals surface area contributed by atoms with E-state index in [-0.39, 0.29) is 18.2 Å². The first-order valence-corrected chi connectivity index (χ1v) is 6.37. The molecule has 0 aromatic heterocycles. The lowest BCUT2D eigenvalue weighted by atomic mass is 10.0. The summed E-state index contributed by atoms with van der Waals surface area (Å²) in [6.07, 6.45) is 0.945. The van der Waals surface area contributed by atoms with Gasteiger partial charge in [-0.3, -0.25) is 4.79 Å². The number of carbonyl (C=O) groups is 1. The summed E-state index contributed by atoms with van der Waals surface area (Å²) in [4.78, 5) is 11.8. The van der Waals surface area contributed by atoms with Crippen LogP contribution in [0.15, 0.2) is 24.3 Å². The lowest BCUT2D eigenvalue weighted by Gasteiger charge is -2.22. The molecule has 0 aliphatic heterocycles. The zero-order chi connectivity index (χ0) is 14.5. The largest absolute Gasteiger partial charge is 0.508 e. The molecular weight excluding hydrogens is 244 g/mol. The first-order valence-electron chi connectivity index (χ1n) is 6.37. The second kappa shape index (κ2) is 6.54. The highest BCUT2D eigenvalue weighted by Crippen LogP contribution is 2.11. The third-order valence-electron chi connectivity index (χ3n) is 3.13. The van der Waals surface area contributed by atoms with Crippen molar-refractivity contribution in [2.75, 3.05) is 6.54 Å². The average Bonchev–Trinajstić information content (AvgIpc) is 2.38. The minimum absolute atomic E-state index is 0.181. The number of nitrogens with one attached hydrogen (secondary N) is 1. The van der Waals surface area contributed by atoms with Crippen LogP contribution in [-0.4, -0.2) is 34.3 Å². The van der Waals surface area contributed by atoms with Crippen molar-refractivity contribution in [1.29, 1.82) is 0 Å². The van der Waals surface area contributed by atoms with Gasteiger partial charge in [0.15, 0.2) is 0 Å². The second-order valence-electron chi connectivity index (χ2n) is 5.05. The summed E-state index contributed by atoms with van der Waals surface area (Å²) in [5.41, 5.74) is 5.77. The van der Waals surface area contributed by atoms with Crippen LogP contribution in [0.2, 0.25) is 0 Å². The number of benzene rings is 1. The molecule has 5 nitrogen and oxygen atoms in total. The summed E-state index contributed by atoms with van der Waals surface area (Å²) < 4.78 is 0. The minimum atomic E-state index is -0.909. The molecule has 19 heavy (non-hydrogen) atoms. The Labute approximate surface area is 113 Å². The molecule has 2 unspecified atom stereocenters. The molecule has 1 aromatic rings. The highest BCUT2D eigenvalue weighted by molar-refractivity contribution is 5.81. The number of aliphatic hydroxyl groups is 1. The molecular formula is C14H22N2O3. The molecule has 106 valence electrons. The Morgan fingerprint density at radius 2 is 2.00 bits per heavy atom. The third kappa shape index (κ3) is 5.28. The number of hydrogen-bond donors (Lipinski definition) is 4. The summed E-state index contributed by atoms with van der Waals surface area (Å²) in [6, 6.07) is 5.90. The van der Waals surface area contributed by atoms with Gasteiger partial charge < -0.3 is 21.3 Å². The van der Waals surface area contributed by atoms with Crippen LogP contribution >= 0.6 is 0 Å². The van der Waals surface area contributed by atoms with Crippen LogP contribution in [-0.2, 0) is 11.2 Å². The molecule has 0 heterocycles. The highest BCUT2D eigenvalue weighted by atomic mass is 16.3. The van der Waals surface area contributed by atoms with Crippen molar-refractivity contribution in [3.05, 3.63) is 29.8 Å². The Bertz CT molecular complexity index is 415. The van der Waals surface area contributed by atoms with E-state index in [1.807, 2.05) is 6.92 Å². The van der Waals surface area contributed by atoms with Gasteiger partial charge in [-0.1, -0.05) is 19.1 Å². The first-order chi connectivity index (χ1) is 8.84. The lowest BCUT2D eigenvalue weighted by molar-refractivity contribution is -0.123. The van der Waals surface area contributed by atoms with Gasteiger partial charge in [-0.2, -0.15) is 0 Å². The van der Waals surface area contributed by atoms with Crippen LogP contribution in [0.1, 0.15) is 25.8 Å². The van der Waals surface area contributed by atoms with Gasteiger partial charge >= 0.3 is 0 Å². The van der Waals surface area contributed by atoms with E-state index in [4.69, 9.17) is 10.8 Å². The monoisotopic (exact) mass is 266 g/mol. The zero-order valence-electron chi connectivity index (χ0n) is 11.4. The Balaban J connectivity index is 2.47. The molecule has 5 N–H and O–H groups in total. The number of amides is 1. The Morgan fingerprint density at radius 1 is 1.42 bits per heavy atom. The average molecular weight is 266 g/mol. The molecule has 5 heteroatoms. The maximum absolute atomic E-state index is 11.8. The quantitative estimate of drug-likeness (QED) is 0.604. The second-order valence-corrected chi connectivity index (χ2v) is 5.05. The molecule has 0 saturated carbocycles. The van der Waals surface area contributed by atoms with E-state index in [1.54, 1.807) is 31.2 Å². The topological polar surface area (TPSA) is 95.6 Å². The van der Waals surface area contributed by atoms with E-state index in [9.17, 15) is 9.90 Å².